The molecular weight excluding hydrogens is 152 g/mol. The Kier molecular flexibility index (Phi) is 6.94. The third kappa shape index (κ3) is 6.81. The summed E-state index contributed by atoms with van der Waals surface area (Å²) in [5, 5.41) is 0. The van der Waals surface area contributed by atoms with Gasteiger partial charge in [0.15, 0.2) is 0 Å². The first kappa shape index (κ1) is 10.7. The molecule has 0 aliphatic carbocycles. The highest BCUT2D eigenvalue weighted by Gasteiger charge is 1.90. The lowest BCUT2D eigenvalue weighted by Gasteiger charge is -1.94. The lowest BCUT2D eigenvalue weighted by Crippen LogP contribution is -1.99. The van der Waals surface area contributed by atoms with Crippen molar-refractivity contribution in [3.8, 4) is 0 Å². The second-order valence-electron chi connectivity index (χ2n) is 2.13. The maximum Gasteiger partial charge on any atom is 0.330 e. The standard InChI is InChI=1S/C10H14O2/c1-3-5-6-7-9-12-10(11)8-4-2/h3-4,6-8H,1,5,9H2,2H3/b7-6+,8-4+. The van der Waals surface area contributed by atoms with Crippen LogP contribution in [-0.4, -0.2) is 12.6 Å². The Bertz CT molecular complexity index is 190. The third-order valence-electron chi connectivity index (χ3n) is 1.09. The summed E-state index contributed by atoms with van der Waals surface area (Å²) in [5.41, 5.74) is 0. The van der Waals surface area contributed by atoms with Crippen molar-refractivity contribution in [2.45, 2.75) is 13.3 Å². The van der Waals surface area contributed by atoms with Crippen LogP contribution in [0.3, 0.4) is 0 Å². The zero-order chi connectivity index (χ0) is 9.23. The van der Waals surface area contributed by atoms with Gasteiger partial charge in [-0.15, -0.1) is 6.58 Å². The number of esters is 1. The highest BCUT2D eigenvalue weighted by molar-refractivity contribution is 5.81. The van der Waals surface area contributed by atoms with E-state index in [2.05, 4.69) is 6.58 Å². The number of allylic oxidation sites excluding steroid dienone is 3. The molecule has 0 N–H and O–H groups in total. The molecule has 0 heterocycles. The lowest BCUT2D eigenvalue weighted by molar-refractivity contribution is -0.136. The number of carbonyl (C=O) groups excluding carboxylic acids is 1. The van der Waals surface area contributed by atoms with E-state index >= 15 is 0 Å². The van der Waals surface area contributed by atoms with Gasteiger partial charge in [-0.25, -0.2) is 4.79 Å². The minimum atomic E-state index is -0.305. The van der Waals surface area contributed by atoms with Gasteiger partial charge >= 0.3 is 5.97 Å². The summed E-state index contributed by atoms with van der Waals surface area (Å²) in [6, 6.07) is 0. The summed E-state index contributed by atoms with van der Waals surface area (Å²) < 4.78 is 4.78. The van der Waals surface area contributed by atoms with Crippen LogP contribution in [0.25, 0.3) is 0 Å². The Hall–Kier alpha value is -1.31. The Morgan fingerprint density at radius 1 is 1.50 bits per heavy atom. The number of hydrogen-bond donors (Lipinski definition) is 0. The van der Waals surface area contributed by atoms with Crippen LogP contribution in [0.15, 0.2) is 37.0 Å². The van der Waals surface area contributed by atoms with E-state index in [9.17, 15) is 4.79 Å². The van der Waals surface area contributed by atoms with Gasteiger partial charge in [0.2, 0.25) is 0 Å². The Morgan fingerprint density at radius 3 is 2.83 bits per heavy atom. The highest BCUT2D eigenvalue weighted by Crippen LogP contribution is 1.86. The molecule has 12 heavy (non-hydrogen) atoms. The van der Waals surface area contributed by atoms with Gasteiger partial charge < -0.3 is 4.74 Å². The fraction of sp³-hybridized carbons (Fsp3) is 0.300. The lowest BCUT2D eigenvalue weighted by atomic mass is 10.4. The van der Waals surface area contributed by atoms with Crippen LogP contribution in [0.1, 0.15) is 13.3 Å². The first-order valence-electron chi connectivity index (χ1n) is 3.86. The highest BCUT2D eigenvalue weighted by atomic mass is 16.5. The van der Waals surface area contributed by atoms with Gasteiger partial charge in [0.1, 0.15) is 6.61 Å². The fourth-order valence-corrected chi connectivity index (χ4v) is 0.575. The quantitative estimate of drug-likeness (QED) is 0.355. The van der Waals surface area contributed by atoms with Crippen LogP contribution in [0, 0.1) is 0 Å². The van der Waals surface area contributed by atoms with Crippen LogP contribution in [-0.2, 0) is 9.53 Å². The molecule has 0 aromatic carbocycles. The van der Waals surface area contributed by atoms with E-state index in [0.717, 1.165) is 6.42 Å². The second kappa shape index (κ2) is 7.79. The largest absolute Gasteiger partial charge is 0.458 e. The molecule has 0 amide bonds. The first-order valence-corrected chi connectivity index (χ1v) is 3.86. The Balaban J connectivity index is 3.42. The van der Waals surface area contributed by atoms with Crippen molar-refractivity contribution >= 4 is 5.97 Å². The van der Waals surface area contributed by atoms with Crippen LogP contribution in [0.5, 0.6) is 0 Å². The topological polar surface area (TPSA) is 26.3 Å². The average Bonchev–Trinajstić information content (AvgIpc) is 2.05. The minimum Gasteiger partial charge on any atom is -0.458 e. The normalized spacial score (nSPS) is 10.8. The van der Waals surface area contributed by atoms with Crippen molar-refractivity contribution in [3.63, 3.8) is 0 Å². The molecule has 0 aliphatic rings. The maximum atomic E-state index is 10.7. The number of rotatable bonds is 5. The van der Waals surface area contributed by atoms with Gasteiger partial charge in [0, 0.05) is 6.08 Å². The summed E-state index contributed by atoms with van der Waals surface area (Å²) >= 11 is 0. The number of hydrogen-bond acceptors (Lipinski definition) is 2. The minimum absolute atomic E-state index is 0.305. The van der Waals surface area contributed by atoms with E-state index in [4.69, 9.17) is 4.74 Å². The second-order valence-corrected chi connectivity index (χ2v) is 2.13. The van der Waals surface area contributed by atoms with Gasteiger partial charge in [-0.05, 0) is 13.3 Å². The summed E-state index contributed by atoms with van der Waals surface area (Å²) in [4.78, 5) is 10.7. The molecule has 0 saturated heterocycles. The molecule has 0 spiro atoms. The van der Waals surface area contributed by atoms with E-state index in [-0.39, 0.29) is 5.97 Å². The predicted octanol–water partition coefficient (Wildman–Crippen LogP) is 2.24. The van der Waals surface area contributed by atoms with Crippen LogP contribution >= 0.6 is 0 Å². The van der Waals surface area contributed by atoms with E-state index in [1.54, 1.807) is 25.2 Å². The molecule has 0 aliphatic heterocycles. The van der Waals surface area contributed by atoms with Crippen LogP contribution in [0.4, 0.5) is 0 Å². The molecule has 0 atom stereocenters. The first-order chi connectivity index (χ1) is 5.81. The van der Waals surface area contributed by atoms with E-state index in [1.807, 2.05) is 6.08 Å². The van der Waals surface area contributed by atoms with Gasteiger partial charge in [-0.2, -0.15) is 0 Å². The summed E-state index contributed by atoms with van der Waals surface area (Å²) in [6.45, 7) is 5.66. The van der Waals surface area contributed by atoms with Crippen LogP contribution in [0.2, 0.25) is 0 Å². The molecule has 0 aromatic heterocycles. The van der Waals surface area contributed by atoms with Gasteiger partial charge in [0.05, 0.1) is 0 Å². The zero-order valence-electron chi connectivity index (χ0n) is 7.32. The Morgan fingerprint density at radius 2 is 2.25 bits per heavy atom. The molecule has 66 valence electrons. The van der Waals surface area contributed by atoms with Crippen LogP contribution < -0.4 is 0 Å². The van der Waals surface area contributed by atoms with Gasteiger partial charge in [-0.3, -0.25) is 0 Å². The SMILES string of the molecule is C=CC/C=C/COC(=O)/C=C/C. The number of carbonyl (C=O) groups is 1. The predicted molar refractivity (Wildman–Crippen MR) is 49.7 cm³/mol. The molecule has 0 saturated carbocycles. The molecule has 2 nitrogen and oxygen atoms in total. The van der Waals surface area contributed by atoms with Gasteiger partial charge in [-0.1, -0.05) is 24.3 Å². The molecule has 2 heteroatoms. The average molecular weight is 166 g/mol. The molecule has 0 fully saturated rings. The summed E-state index contributed by atoms with van der Waals surface area (Å²) in [7, 11) is 0. The monoisotopic (exact) mass is 166 g/mol. The van der Waals surface area contributed by atoms with Crippen molar-refractivity contribution in [2.24, 2.45) is 0 Å². The summed E-state index contributed by atoms with van der Waals surface area (Å²) in [6.07, 6.45) is 9.32. The van der Waals surface area contributed by atoms with E-state index < -0.39 is 0 Å². The van der Waals surface area contributed by atoms with Crippen molar-refractivity contribution in [2.75, 3.05) is 6.61 Å². The molecule has 0 radical (unpaired) electrons. The van der Waals surface area contributed by atoms with Crippen molar-refractivity contribution in [1.82, 2.24) is 0 Å². The van der Waals surface area contributed by atoms with Crippen molar-refractivity contribution in [1.29, 1.82) is 0 Å². The molecule has 0 rings (SSSR count). The van der Waals surface area contributed by atoms with Crippen molar-refractivity contribution in [3.05, 3.63) is 37.0 Å². The molecule has 0 bridgehead atoms. The van der Waals surface area contributed by atoms with E-state index in [0.29, 0.717) is 6.61 Å². The smallest absolute Gasteiger partial charge is 0.330 e. The zero-order valence-corrected chi connectivity index (χ0v) is 7.32. The Labute approximate surface area is 73.2 Å². The maximum absolute atomic E-state index is 10.7. The molecule has 0 unspecified atom stereocenters. The third-order valence-corrected chi connectivity index (χ3v) is 1.09. The van der Waals surface area contributed by atoms with Gasteiger partial charge in [0.25, 0.3) is 0 Å². The summed E-state index contributed by atoms with van der Waals surface area (Å²) in [5.74, 6) is -0.305. The molecule has 0 aromatic rings. The van der Waals surface area contributed by atoms with Crippen molar-refractivity contribution < 1.29 is 9.53 Å². The molecular formula is C10H14O2. The number of ether oxygens (including phenoxy) is 1. The van der Waals surface area contributed by atoms with E-state index in [1.165, 1.54) is 6.08 Å². The fourth-order valence-electron chi connectivity index (χ4n) is 0.575.